The molecule has 0 spiro atoms. The first-order valence-electron chi connectivity index (χ1n) is 38.0. The number of piperidine rings is 6. The second kappa shape index (κ2) is 29.9. The van der Waals surface area contributed by atoms with E-state index in [1.54, 1.807) is 21.3 Å². The highest BCUT2D eigenvalue weighted by Gasteiger charge is 2.53. The van der Waals surface area contributed by atoms with Gasteiger partial charge in [-0.1, -0.05) is 0 Å². The van der Waals surface area contributed by atoms with Crippen LogP contribution in [0.15, 0.2) is 0 Å². The van der Waals surface area contributed by atoms with Crippen LogP contribution in [0.1, 0.15) is 243 Å². The minimum Gasteiger partial charge on any atom is -0.341 e. The number of nitrogens with one attached hydrogen (secondary N) is 3. The highest BCUT2D eigenvalue weighted by Crippen LogP contribution is 2.46. The molecule has 9 heterocycles. The third kappa shape index (κ3) is 19.7. The summed E-state index contributed by atoms with van der Waals surface area (Å²) in [5, 5.41) is 18.6. The number of hydrogen-bond acceptors (Lipinski definition) is 25. The maximum absolute atomic E-state index is 7.26. The van der Waals surface area contributed by atoms with Crippen LogP contribution in [-0.2, 0) is 14.5 Å². The molecule has 25 nitrogen and oxygen atoms in total. The summed E-state index contributed by atoms with van der Waals surface area (Å²) in [5.74, 6) is 3.26. The van der Waals surface area contributed by atoms with E-state index in [1.165, 1.54) is 0 Å². The van der Waals surface area contributed by atoms with E-state index >= 15 is 0 Å². The van der Waals surface area contributed by atoms with Crippen LogP contribution in [0.4, 0.5) is 35.7 Å². The average molecular weight is 1500 g/mol. The van der Waals surface area contributed by atoms with E-state index in [9.17, 15) is 0 Å². The Bertz CT molecular complexity index is 2960. The first kappa shape index (κ1) is 83.3. The van der Waals surface area contributed by atoms with Gasteiger partial charge in [0.1, 0.15) is 0 Å². The van der Waals surface area contributed by atoms with Gasteiger partial charge in [0.15, 0.2) is 0 Å². The summed E-state index contributed by atoms with van der Waals surface area (Å²) < 4.78 is 0. The first-order valence-corrected chi connectivity index (χ1v) is 39.1. The van der Waals surface area contributed by atoms with Crippen molar-refractivity contribution < 1.29 is 14.5 Å². The zero-order chi connectivity index (χ0) is 76.8. The minimum absolute atomic E-state index is 0.0526. The van der Waals surface area contributed by atoms with Gasteiger partial charge in [0, 0.05) is 163 Å². The zero-order valence-electron chi connectivity index (χ0n) is 69.0. The van der Waals surface area contributed by atoms with Crippen LogP contribution < -0.4 is 45.3 Å². The van der Waals surface area contributed by atoms with Crippen molar-refractivity contribution in [2.24, 2.45) is 0 Å². The number of aromatic nitrogens is 9. The van der Waals surface area contributed by atoms with Crippen LogP contribution in [0.25, 0.3) is 0 Å². The molecular formula is C75H135Cl3N22O3. The van der Waals surface area contributed by atoms with E-state index in [4.69, 9.17) is 94.2 Å². The number of hydrogen-bond donors (Lipinski definition) is 3. The van der Waals surface area contributed by atoms with Crippen molar-refractivity contribution in [2.45, 2.75) is 346 Å². The quantitative estimate of drug-likeness (QED) is 0.0761. The lowest BCUT2D eigenvalue weighted by molar-refractivity contribution is -0.266. The monoisotopic (exact) mass is 1500 g/mol. The lowest BCUT2D eigenvalue weighted by atomic mass is 9.78. The van der Waals surface area contributed by atoms with Gasteiger partial charge < -0.3 is 59.9 Å². The van der Waals surface area contributed by atoms with Gasteiger partial charge in [-0.2, -0.15) is 60.0 Å². The van der Waals surface area contributed by atoms with Crippen molar-refractivity contribution in [3.05, 3.63) is 15.9 Å². The molecule has 103 heavy (non-hydrogen) atoms. The molecule has 0 amide bonds. The molecule has 0 aromatic carbocycles. The molecule has 584 valence electrons. The van der Waals surface area contributed by atoms with Crippen molar-refractivity contribution in [1.29, 1.82) is 0 Å². The SMILES string of the molecule is CON1C(C)(C)CC(N(CCN(CCN(c2nc(Cl)nc(N(C)C3CC(C)(C)NC(C)(C)C3)n2)C2CC(C)(C)N(OC)C(C)(C)C2)CCN(c2nc(Cl)nc(N(C)C3CC(C)(C)NC(C)(C)C3)n2)C2CC(C)(C)N(OC)C(C)(C)C2)c2nc(Cl)nc(N(C)C3CC(C)(C)NC(C)(C)C3)n2)CC1(C)C. The van der Waals surface area contributed by atoms with Gasteiger partial charge in [0.05, 0.1) is 21.3 Å². The largest absolute Gasteiger partial charge is 0.341 e. The fraction of sp³-hybridized carbons (Fsp3) is 0.880. The van der Waals surface area contributed by atoms with Crippen LogP contribution in [0.2, 0.25) is 15.9 Å². The molecule has 9 rings (SSSR count). The van der Waals surface area contributed by atoms with Gasteiger partial charge in [-0.25, -0.2) is 0 Å². The van der Waals surface area contributed by atoms with Crippen LogP contribution >= 0.6 is 34.8 Å². The van der Waals surface area contributed by atoms with E-state index in [2.05, 4.69) is 253 Å². The molecule has 0 unspecified atom stereocenters. The molecule has 3 aromatic rings. The lowest BCUT2D eigenvalue weighted by Crippen LogP contribution is -2.65. The average Bonchev–Trinajstić information content (AvgIpc) is 0.763. The van der Waals surface area contributed by atoms with Gasteiger partial charge in [-0.3, -0.25) is 4.90 Å². The summed E-state index contributed by atoms with van der Waals surface area (Å²) in [6.07, 6.45) is 9.87. The number of nitrogens with zero attached hydrogens (tertiary/aromatic N) is 19. The Hall–Kier alpha value is -3.70. The first-order chi connectivity index (χ1) is 47.1. The molecular weight excluding hydrogens is 1360 g/mol. The Morgan fingerprint density at radius 2 is 0.476 bits per heavy atom. The molecule has 6 aliphatic heterocycles. The molecule has 3 N–H and O–H groups in total. The van der Waals surface area contributed by atoms with E-state index < -0.39 is 0 Å². The Kier molecular flexibility index (Phi) is 24.2. The molecule has 0 bridgehead atoms. The summed E-state index contributed by atoms with van der Waals surface area (Å²) >= 11 is 21.8. The van der Waals surface area contributed by atoms with Crippen molar-refractivity contribution in [1.82, 2.24) is 80.9 Å². The van der Waals surface area contributed by atoms with Gasteiger partial charge in [0.2, 0.25) is 51.5 Å². The van der Waals surface area contributed by atoms with Crippen molar-refractivity contribution >= 4 is 70.5 Å². The standard InChI is InChI=1S/C75H135Cl3N22O3/c1-64(2)37-49(38-65(3,4)88-64)91(25)58-79-55(76)82-61(85-58)95(52-43-70(13,14)98(101-28)71(15,16)44-52)34-31-94(32-35-96(53-45-72(17,18)99(102-29)73(19,20)46-53)62-83-56(77)80-59(86-62)92(26)50-39-66(5,6)89-67(7,8)40-50)33-36-97(54-47-74(21,22)100(103-30)75(23,24)48-54)63-84-57(78)81-60(87-63)93(27)51-41-68(9,10)90-69(11,12)42-51/h49-54,88-90H,31-48H2,1-30H3. The molecule has 6 fully saturated rings. The third-order valence-corrected chi connectivity index (χ3v) is 23.7. The maximum atomic E-state index is 7.26. The van der Waals surface area contributed by atoms with E-state index in [1.807, 2.05) is 0 Å². The fourth-order valence-corrected chi connectivity index (χ4v) is 21.6. The molecule has 3 aromatic heterocycles. The Morgan fingerprint density at radius 3 is 0.660 bits per heavy atom. The number of halogens is 3. The molecule has 0 atom stereocenters. The third-order valence-electron chi connectivity index (χ3n) is 23.2. The summed E-state index contributed by atoms with van der Waals surface area (Å²) in [6.45, 7) is 57.9. The minimum atomic E-state index is -0.388. The topological polar surface area (TPSA) is 212 Å². The predicted molar refractivity (Wildman–Crippen MR) is 421 cm³/mol. The second-order valence-electron chi connectivity index (χ2n) is 39.2. The Labute approximate surface area is 635 Å². The normalized spacial score (nSPS) is 25.0. The Balaban J connectivity index is 1.19. The van der Waals surface area contributed by atoms with Crippen LogP contribution in [0.5, 0.6) is 0 Å². The van der Waals surface area contributed by atoms with Gasteiger partial charge in [-0.15, -0.1) is 0 Å². The number of rotatable bonds is 24. The molecule has 0 saturated carbocycles. The molecule has 28 heteroatoms. The molecule has 0 radical (unpaired) electrons. The van der Waals surface area contributed by atoms with Crippen molar-refractivity contribution in [3.63, 3.8) is 0 Å². The fourth-order valence-electron chi connectivity index (χ4n) is 21.2. The molecule has 0 aliphatic carbocycles. The summed E-state index contributed by atoms with van der Waals surface area (Å²) in [5.41, 5.74) is -3.07. The Morgan fingerprint density at radius 1 is 0.291 bits per heavy atom. The van der Waals surface area contributed by atoms with E-state index in [0.29, 0.717) is 75.0 Å². The van der Waals surface area contributed by atoms with Gasteiger partial charge in [-0.05, 0) is 278 Å². The highest BCUT2D eigenvalue weighted by molar-refractivity contribution is 6.29. The number of anilines is 6. The van der Waals surface area contributed by atoms with E-state index in [-0.39, 0.29) is 119 Å². The van der Waals surface area contributed by atoms with Gasteiger partial charge in [0.25, 0.3) is 0 Å². The predicted octanol–water partition coefficient (Wildman–Crippen LogP) is 12.3. The van der Waals surface area contributed by atoms with Crippen molar-refractivity contribution in [3.8, 4) is 0 Å². The smallest absolute Gasteiger partial charge is 0.231 e. The maximum Gasteiger partial charge on any atom is 0.231 e. The summed E-state index contributed by atoms with van der Waals surface area (Å²) in [4.78, 5) is 82.1. The summed E-state index contributed by atoms with van der Waals surface area (Å²) in [6, 6.07) is 0.232. The molecule has 6 saturated heterocycles. The lowest BCUT2D eigenvalue weighted by Gasteiger charge is -2.55. The highest BCUT2D eigenvalue weighted by atomic mass is 35.5. The zero-order valence-corrected chi connectivity index (χ0v) is 71.3. The van der Waals surface area contributed by atoms with Gasteiger partial charge >= 0.3 is 0 Å². The van der Waals surface area contributed by atoms with Crippen LogP contribution in [0, 0.1) is 0 Å². The number of hydroxylamine groups is 6. The van der Waals surface area contributed by atoms with Crippen LogP contribution in [-0.4, -0.2) is 249 Å². The van der Waals surface area contributed by atoms with Crippen LogP contribution in [0.3, 0.4) is 0 Å². The summed E-state index contributed by atoms with van der Waals surface area (Å²) in [7, 11) is 11.7. The van der Waals surface area contributed by atoms with E-state index in [0.717, 1.165) is 77.0 Å². The van der Waals surface area contributed by atoms with Crippen molar-refractivity contribution in [2.75, 3.05) is 111 Å². The molecule has 6 aliphatic rings. The second-order valence-corrected chi connectivity index (χ2v) is 40.2.